The van der Waals surface area contributed by atoms with Gasteiger partial charge in [-0.3, -0.25) is 4.90 Å². The summed E-state index contributed by atoms with van der Waals surface area (Å²) < 4.78 is 5.33. The summed E-state index contributed by atoms with van der Waals surface area (Å²) in [6.07, 6.45) is 4.69. The summed E-state index contributed by atoms with van der Waals surface area (Å²) in [5.41, 5.74) is 0.472. The van der Waals surface area contributed by atoms with Gasteiger partial charge in [-0.2, -0.15) is 0 Å². The van der Waals surface area contributed by atoms with Crippen LogP contribution in [-0.4, -0.2) is 40.3 Å². The molecule has 5 nitrogen and oxygen atoms in total. The third kappa shape index (κ3) is 6.42. The molecule has 0 bridgehead atoms. The van der Waals surface area contributed by atoms with Crippen molar-refractivity contribution in [2.45, 2.75) is 45.3 Å². The number of halogens is 1. The van der Waals surface area contributed by atoms with E-state index in [9.17, 15) is 14.7 Å². The monoisotopic (exact) mass is 367 g/mol. The summed E-state index contributed by atoms with van der Waals surface area (Å²) in [7, 11) is 0. The molecule has 0 radical (unpaired) electrons. The van der Waals surface area contributed by atoms with Crippen molar-refractivity contribution in [1.82, 2.24) is 4.90 Å². The number of carbonyl (C=O) groups excluding carboxylic acids is 1. The number of carbonyl (C=O) groups is 2. The van der Waals surface area contributed by atoms with Crippen LogP contribution in [0.25, 0.3) is 6.08 Å². The summed E-state index contributed by atoms with van der Waals surface area (Å²) in [6, 6.07) is 9.12. The predicted molar refractivity (Wildman–Crippen MR) is 99.8 cm³/mol. The summed E-state index contributed by atoms with van der Waals surface area (Å²) in [4.78, 5) is 25.0. The van der Waals surface area contributed by atoms with Gasteiger partial charge < -0.3 is 9.84 Å². The lowest BCUT2D eigenvalue weighted by Gasteiger charge is -2.26. The van der Waals surface area contributed by atoms with Gasteiger partial charge in [0.05, 0.1) is 0 Å². The number of allylic oxidation sites excluding steroid dienone is 1. The zero-order chi connectivity index (χ0) is 17.7. The molecule has 2 rings (SSSR count). The Morgan fingerprint density at radius 1 is 1.28 bits per heavy atom. The molecule has 25 heavy (non-hydrogen) atoms. The molecule has 0 aromatic heterocycles. The van der Waals surface area contributed by atoms with Gasteiger partial charge in [-0.15, -0.1) is 12.4 Å². The van der Waals surface area contributed by atoms with Gasteiger partial charge in [0.25, 0.3) is 0 Å². The Kier molecular flexibility index (Phi) is 7.49. The number of rotatable bonds is 4. The van der Waals surface area contributed by atoms with Crippen LogP contribution in [0.4, 0.5) is 4.79 Å². The van der Waals surface area contributed by atoms with Crippen molar-refractivity contribution in [1.29, 1.82) is 0 Å². The first-order valence-electron chi connectivity index (χ1n) is 8.20. The molecule has 0 saturated carbocycles. The third-order valence-electron chi connectivity index (χ3n) is 3.88. The number of hydrogen-bond donors (Lipinski definition) is 1. The van der Waals surface area contributed by atoms with Crippen molar-refractivity contribution >= 4 is 30.5 Å². The van der Waals surface area contributed by atoms with Gasteiger partial charge in [0.2, 0.25) is 0 Å². The van der Waals surface area contributed by atoms with E-state index in [1.54, 1.807) is 20.8 Å². The molecule has 0 spiro atoms. The van der Waals surface area contributed by atoms with Crippen molar-refractivity contribution in [3.8, 4) is 0 Å². The number of amides is 1. The second kappa shape index (κ2) is 8.90. The Morgan fingerprint density at radius 3 is 2.48 bits per heavy atom. The van der Waals surface area contributed by atoms with Crippen molar-refractivity contribution in [2.75, 3.05) is 6.54 Å². The molecule has 2 atom stereocenters. The Hall–Kier alpha value is -2.01. The minimum absolute atomic E-state index is 0. The molecule has 0 unspecified atom stereocenters. The highest BCUT2D eigenvalue weighted by molar-refractivity contribution is 5.85. The number of nitrogens with zero attached hydrogens (tertiary/aromatic N) is 1. The van der Waals surface area contributed by atoms with Crippen LogP contribution in [0.15, 0.2) is 36.4 Å². The number of benzene rings is 1. The Morgan fingerprint density at radius 2 is 1.92 bits per heavy atom. The average Bonchev–Trinajstić information content (AvgIpc) is 2.91. The zero-order valence-electron chi connectivity index (χ0n) is 14.8. The molecular formula is C19H26ClNO4. The average molecular weight is 368 g/mol. The highest BCUT2D eigenvalue weighted by atomic mass is 35.5. The second-order valence-electron chi connectivity index (χ2n) is 7.14. The molecule has 1 heterocycles. The molecule has 1 fully saturated rings. The Balaban J connectivity index is 0.00000312. The lowest BCUT2D eigenvalue weighted by Crippen LogP contribution is -2.43. The minimum atomic E-state index is -0.976. The van der Waals surface area contributed by atoms with E-state index in [4.69, 9.17) is 4.74 Å². The van der Waals surface area contributed by atoms with Gasteiger partial charge in [-0.25, -0.2) is 9.59 Å². The van der Waals surface area contributed by atoms with Crippen LogP contribution in [0.5, 0.6) is 0 Å². The summed E-state index contributed by atoms with van der Waals surface area (Å²) in [5.74, 6) is -0.853. The lowest BCUT2D eigenvalue weighted by molar-refractivity contribution is -0.142. The van der Waals surface area contributed by atoms with Gasteiger partial charge in [-0.1, -0.05) is 42.5 Å². The van der Waals surface area contributed by atoms with Crippen LogP contribution >= 0.6 is 12.4 Å². The van der Waals surface area contributed by atoms with E-state index in [1.165, 1.54) is 4.90 Å². The minimum Gasteiger partial charge on any atom is -0.480 e. The van der Waals surface area contributed by atoms with E-state index in [2.05, 4.69) is 0 Å². The van der Waals surface area contributed by atoms with Crippen LogP contribution in [0.3, 0.4) is 0 Å². The van der Waals surface area contributed by atoms with Crippen LogP contribution in [0.1, 0.15) is 39.2 Å². The number of aliphatic carboxylic acids is 1. The topological polar surface area (TPSA) is 66.8 Å². The third-order valence-corrected chi connectivity index (χ3v) is 3.88. The Bertz CT molecular complexity index is 610. The molecule has 0 aliphatic carbocycles. The first-order valence-corrected chi connectivity index (χ1v) is 8.20. The van der Waals surface area contributed by atoms with Crippen molar-refractivity contribution in [3.63, 3.8) is 0 Å². The van der Waals surface area contributed by atoms with Crippen LogP contribution < -0.4 is 0 Å². The van der Waals surface area contributed by atoms with Gasteiger partial charge >= 0.3 is 12.1 Å². The summed E-state index contributed by atoms with van der Waals surface area (Å²) in [5, 5.41) is 9.38. The fraction of sp³-hybridized carbons (Fsp3) is 0.474. The SMILES string of the molecule is CC(C)(C)OC(=O)N1C[C@H](C/C=C/c2ccccc2)C[C@H]1C(=O)O.Cl. The maximum absolute atomic E-state index is 12.2. The van der Waals surface area contributed by atoms with Gasteiger partial charge in [0.15, 0.2) is 0 Å². The fourth-order valence-corrected chi connectivity index (χ4v) is 2.81. The zero-order valence-corrected chi connectivity index (χ0v) is 15.7. The maximum Gasteiger partial charge on any atom is 0.411 e. The second-order valence-corrected chi connectivity index (χ2v) is 7.14. The van der Waals surface area contributed by atoms with E-state index in [-0.39, 0.29) is 18.3 Å². The van der Waals surface area contributed by atoms with Crippen LogP contribution in [0.2, 0.25) is 0 Å². The molecule has 138 valence electrons. The molecule has 1 amide bonds. The standard InChI is InChI=1S/C19H25NO4.ClH/c1-19(2,3)24-18(23)20-13-15(12-16(20)17(21)22)11-7-10-14-8-5-4-6-9-14;/h4-10,15-16H,11-13H2,1-3H3,(H,21,22);1H/b10-7+;/t15-,16+;/m1./s1. The van der Waals surface area contributed by atoms with E-state index in [0.717, 1.165) is 12.0 Å². The van der Waals surface area contributed by atoms with Gasteiger partial charge in [-0.05, 0) is 45.1 Å². The number of hydrogen-bond acceptors (Lipinski definition) is 3. The van der Waals surface area contributed by atoms with E-state index in [1.807, 2.05) is 42.5 Å². The predicted octanol–water partition coefficient (Wildman–Crippen LogP) is 4.22. The molecule has 1 saturated heterocycles. The smallest absolute Gasteiger partial charge is 0.411 e. The first kappa shape index (κ1) is 21.0. The number of carboxylic acids is 1. The van der Waals surface area contributed by atoms with Crippen molar-refractivity contribution in [3.05, 3.63) is 42.0 Å². The quantitative estimate of drug-likeness (QED) is 0.865. The summed E-state index contributed by atoms with van der Waals surface area (Å²) in [6.45, 7) is 5.73. The first-order chi connectivity index (χ1) is 11.3. The van der Waals surface area contributed by atoms with Crippen molar-refractivity contribution < 1.29 is 19.4 Å². The van der Waals surface area contributed by atoms with E-state index >= 15 is 0 Å². The highest BCUT2D eigenvalue weighted by Crippen LogP contribution is 2.28. The molecule has 1 aromatic carbocycles. The van der Waals surface area contributed by atoms with Gasteiger partial charge in [0.1, 0.15) is 11.6 Å². The van der Waals surface area contributed by atoms with Crippen LogP contribution in [-0.2, 0) is 9.53 Å². The largest absolute Gasteiger partial charge is 0.480 e. The molecule has 1 aliphatic rings. The Labute approximate surface area is 155 Å². The molecular weight excluding hydrogens is 342 g/mol. The lowest BCUT2D eigenvalue weighted by atomic mass is 10.0. The fourth-order valence-electron chi connectivity index (χ4n) is 2.81. The molecule has 6 heteroatoms. The maximum atomic E-state index is 12.2. The van der Waals surface area contributed by atoms with Crippen molar-refractivity contribution in [2.24, 2.45) is 5.92 Å². The number of likely N-dealkylation sites (tertiary alicyclic amines) is 1. The highest BCUT2D eigenvalue weighted by Gasteiger charge is 2.40. The molecule has 1 N–H and O–H groups in total. The van der Waals surface area contributed by atoms with E-state index < -0.39 is 23.7 Å². The van der Waals surface area contributed by atoms with E-state index in [0.29, 0.717) is 13.0 Å². The van der Waals surface area contributed by atoms with Gasteiger partial charge in [0, 0.05) is 6.54 Å². The number of carboxylic acid groups (broad SMARTS) is 1. The van der Waals surface area contributed by atoms with Crippen LogP contribution in [0, 0.1) is 5.92 Å². The number of ether oxygens (including phenoxy) is 1. The molecule has 1 aliphatic heterocycles. The normalized spacial score (nSPS) is 20.4. The molecule has 1 aromatic rings. The summed E-state index contributed by atoms with van der Waals surface area (Å²) >= 11 is 0.